The van der Waals surface area contributed by atoms with Gasteiger partial charge >= 0.3 is 0 Å². The summed E-state index contributed by atoms with van der Waals surface area (Å²) in [6.07, 6.45) is 0.499. The molecule has 0 bridgehead atoms. The third kappa shape index (κ3) is 19.5. The number of aliphatic hydroxyl groups excluding tert-OH is 1. The number of hydrogen-bond acceptors (Lipinski definition) is 14. The number of phenols is 2. The molecule has 422 valence electrons. The standard InChI is InChI=1S/C55H68ClN11O12/c1-30(68)46-55(79)63-41(50(74)64-43(48(60)72)27-33-13-21-37(69)22-14-33)7-3-2-6-40(61-49(73)39(58)26-31-11-19-36(56)20-12-31)51(75)65-45(29-34-15-23-38(70)24-16-34)54(78)66-44(28-32-9-17-35(18-10-32)47(59)71)53(77)62-42(52(76)67-46)8-4-5-25-57/h2-3,9-24,30,39-46,68-70H,4-8,25-29,57-58H2,1H3,(H2,59,71)(H2,60,72)(H,61,73)(H,62,77)(H,63,79)(H,64,74)(H,65,75)(H,66,78)(H,67,76)/b3-2+/t30-,39+,40-,41+,42+,43-,44-,45+,46+/m1/s1. The maximum absolute atomic E-state index is 14.7. The number of aliphatic hydroxyl groups is 1. The van der Waals surface area contributed by atoms with Crippen molar-refractivity contribution in [2.75, 3.05) is 6.54 Å². The molecule has 9 amide bonds. The number of amides is 9. The van der Waals surface area contributed by atoms with Gasteiger partial charge in [-0.15, -0.1) is 0 Å². The molecule has 0 spiro atoms. The van der Waals surface area contributed by atoms with Crippen molar-refractivity contribution in [2.24, 2.45) is 22.9 Å². The molecular weight excluding hydrogens is 1040 g/mol. The molecule has 0 saturated carbocycles. The number of primary amides is 2. The Balaban J connectivity index is 1.60. The SMILES string of the molecule is C[C@@H](O)[C@@H]1NC(=O)[C@H](CCCCN)NC(=O)[C@@H](Cc2ccc(C(N)=O)cc2)NC(=O)[C@H](Cc2ccc(O)cc2)NC(=O)[C@H](NC(=O)[C@@H](N)Cc2ccc(Cl)cc2)C/C=C/C[C@@H](C(=O)N[C@H](Cc2ccc(O)cc2)C(N)=O)NC1=O. The molecule has 18 N–H and O–H groups in total. The molecular formula is C55H68ClN11O12. The van der Waals surface area contributed by atoms with Crippen molar-refractivity contribution in [1.82, 2.24) is 37.2 Å². The van der Waals surface area contributed by atoms with Crippen LogP contribution in [0, 0.1) is 0 Å². The number of unbranched alkanes of at least 4 members (excludes halogenated alkanes) is 1. The molecule has 1 aliphatic rings. The van der Waals surface area contributed by atoms with Crippen molar-refractivity contribution < 1.29 is 58.5 Å². The van der Waals surface area contributed by atoms with E-state index < -0.39 is 108 Å². The average molecular weight is 1110 g/mol. The van der Waals surface area contributed by atoms with E-state index in [1.165, 1.54) is 91.9 Å². The number of halogens is 1. The minimum atomic E-state index is -1.77. The van der Waals surface area contributed by atoms with E-state index in [1.807, 2.05) is 0 Å². The van der Waals surface area contributed by atoms with Crippen molar-refractivity contribution >= 4 is 64.8 Å². The lowest BCUT2D eigenvalue weighted by Crippen LogP contribution is -2.62. The quantitative estimate of drug-likeness (QED) is 0.0404. The zero-order valence-electron chi connectivity index (χ0n) is 43.4. The van der Waals surface area contributed by atoms with Gasteiger partial charge in [0.2, 0.25) is 53.2 Å². The molecule has 5 rings (SSSR count). The highest BCUT2D eigenvalue weighted by Crippen LogP contribution is 2.17. The topological polar surface area (TPSA) is 403 Å². The maximum atomic E-state index is 14.7. The van der Waals surface area contributed by atoms with Crippen LogP contribution in [-0.2, 0) is 64.0 Å². The molecule has 0 fully saturated rings. The van der Waals surface area contributed by atoms with Crippen molar-refractivity contribution in [3.05, 3.63) is 142 Å². The first-order valence-electron chi connectivity index (χ1n) is 25.5. The molecule has 0 aromatic heterocycles. The van der Waals surface area contributed by atoms with Crippen LogP contribution in [0.15, 0.2) is 109 Å². The Morgan fingerprint density at radius 1 is 0.633 bits per heavy atom. The zero-order valence-corrected chi connectivity index (χ0v) is 44.1. The highest BCUT2D eigenvalue weighted by Gasteiger charge is 2.36. The second-order valence-electron chi connectivity index (χ2n) is 19.2. The zero-order chi connectivity index (χ0) is 57.8. The van der Waals surface area contributed by atoms with Gasteiger partial charge < -0.3 is 75.5 Å². The predicted octanol–water partition coefficient (Wildman–Crippen LogP) is -0.813. The van der Waals surface area contributed by atoms with E-state index >= 15 is 0 Å². The first kappa shape index (κ1) is 61.5. The number of carbonyl (C=O) groups is 9. The lowest BCUT2D eigenvalue weighted by Gasteiger charge is -2.29. The molecule has 1 aliphatic heterocycles. The van der Waals surface area contributed by atoms with Crippen LogP contribution < -0.4 is 60.2 Å². The molecule has 0 saturated heterocycles. The van der Waals surface area contributed by atoms with E-state index in [4.69, 9.17) is 34.5 Å². The Kier molecular flexibility index (Phi) is 23.3. The molecule has 4 aromatic carbocycles. The number of hydrogen-bond donors (Lipinski definition) is 14. The van der Waals surface area contributed by atoms with E-state index in [9.17, 15) is 58.5 Å². The van der Waals surface area contributed by atoms with Crippen LogP contribution in [0.2, 0.25) is 5.02 Å². The number of phenolic OH excluding ortho intramolecular Hbond substituents is 2. The number of carbonyl (C=O) groups excluding carboxylic acids is 9. The Morgan fingerprint density at radius 2 is 1.13 bits per heavy atom. The summed E-state index contributed by atoms with van der Waals surface area (Å²) >= 11 is 6.06. The largest absolute Gasteiger partial charge is 0.508 e. The summed E-state index contributed by atoms with van der Waals surface area (Å²) in [6, 6.07) is 12.0. The summed E-state index contributed by atoms with van der Waals surface area (Å²) in [5, 5.41) is 49.6. The van der Waals surface area contributed by atoms with Crippen LogP contribution in [0.1, 0.15) is 71.6 Å². The van der Waals surface area contributed by atoms with Gasteiger partial charge in [-0.25, -0.2) is 0 Å². The van der Waals surface area contributed by atoms with Crippen LogP contribution in [0.5, 0.6) is 11.5 Å². The van der Waals surface area contributed by atoms with Gasteiger partial charge in [-0.1, -0.05) is 72.3 Å². The Labute approximate surface area is 461 Å². The van der Waals surface area contributed by atoms with E-state index in [0.29, 0.717) is 33.7 Å². The first-order valence-corrected chi connectivity index (χ1v) is 25.9. The highest BCUT2D eigenvalue weighted by molar-refractivity contribution is 6.30. The second kappa shape index (κ2) is 30.0. The smallest absolute Gasteiger partial charge is 0.248 e. The normalized spacial score (nSPS) is 21.3. The van der Waals surface area contributed by atoms with Gasteiger partial charge in [0, 0.05) is 29.8 Å². The third-order valence-electron chi connectivity index (χ3n) is 12.9. The molecule has 4 aromatic rings. The van der Waals surface area contributed by atoms with Gasteiger partial charge in [-0.05, 0) is 123 Å². The van der Waals surface area contributed by atoms with Gasteiger partial charge in [0.05, 0.1) is 12.1 Å². The summed E-state index contributed by atoms with van der Waals surface area (Å²) < 4.78 is 0. The number of benzene rings is 4. The highest BCUT2D eigenvalue weighted by atomic mass is 35.5. The van der Waals surface area contributed by atoms with Crippen LogP contribution in [-0.4, -0.2) is 129 Å². The number of rotatable bonds is 19. The summed E-state index contributed by atoms with van der Waals surface area (Å²) in [5.41, 5.74) is 25.5. The maximum Gasteiger partial charge on any atom is 0.248 e. The van der Waals surface area contributed by atoms with E-state index in [0.717, 1.165) is 0 Å². The molecule has 24 heteroatoms. The summed E-state index contributed by atoms with van der Waals surface area (Å²) in [7, 11) is 0. The predicted molar refractivity (Wildman–Crippen MR) is 291 cm³/mol. The molecule has 0 unspecified atom stereocenters. The number of nitrogens with one attached hydrogen (secondary N) is 7. The summed E-state index contributed by atoms with van der Waals surface area (Å²) in [4.78, 5) is 125. The van der Waals surface area contributed by atoms with Crippen molar-refractivity contribution in [1.29, 1.82) is 0 Å². The Bertz CT molecular complexity index is 2800. The minimum absolute atomic E-state index is 0.0189. The van der Waals surface area contributed by atoms with Crippen LogP contribution >= 0.6 is 11.6 Å². The molecule has 79 heavy (non-hydrogen) atoms. The lowest BCUT2D eigenvalue weighted by atomic mass is 10.00. The molecule has 9 atom stereocenters. The van der Waals surface area contributed by atoms with Crippen molar-refractivity contribution in [2.45, 2.75) is 119 Å². The van der Waals surface area contributed by atoms with Gasteiger partial charge in [0.25, 0.3) is 0 Å². The number of aromatic hydroxyl groups is 2. The van der Waals surface area contributed by atoms with Gasteiger partial charge in [-0.2, -0.15) is 0 Å². The van der Waals surface area contributed by atoms with E-state index in [2.05, 4.69) is 37.2 Å². The van der Waals surface area contributed by atoms with Crippen LogP contribution in [0.25, 0.3) is 0 Å². The van der Waals surface area contributed by atoms with Gasteiger partial charge in [-0.3, -0.25) is 43.2 Å². The second-order valence-corrected chi connectivity index (χ2v) is 19.6. The third-order valence-corrected chi connectivity index (χ3v) is 13.1. The molecule has 23 nitrogen and oxygen atoms in total. The molecule has 1 heterocycles. The average Bonchev–Trinajstić information content (AvgIpc) is 3.41. The Morgan fingerprint density at radius 3 is 1.67 bits per heavy atom. The van der Waals surface area contributed by atoms with Crippen molar-refractivity contribution in [3.8, 4) is 11.5 Å². The first-order chi connectivity index (χ1) is 37.6. The fraction of sp³-hybridized carbons (Fsp3) is 0.364. The van der Waals surface area contributed by atoms with Crippen LogP contribution in [0.3, 0.4) is 0 Å². The number of nitrogens with two attached hydrogens (primary N) is 4. The Hall–Kier alpha value is -8.38. The van der Waals surface area contributed by atoms with E-state index in [-0.39, 0.29) is 75.0 Å². The summed E-state index contributed by atoms with van der Waals surface area (Å²) in [5.74, 6) is -8.31. The van der Waals surface area contributed by atoms with Crippen LogP contribution in [0.4, 0.5) is 0 Å². The van der Waals surface area contributed by atoms with Gasteiger partial charge in [0.15, 0.2) is 0 Å². The fourth-order valence-electron chi connectivity index (χ4n) is 8.36. The fourth-order valence-corrected chi connectivity index (χ4v) is 8.49. The van der Waals surface area contributed by atoms with Crippen molar-refractivity contribution in [3.63, 3.8) is 0 Å². The van der Waals surface area contributed by atoms with E-state index in [1.54, 1.807) is 24.3 Å². The lowest BCUT2D eigenvalue weighted by molar-refractivity contribution is -0.137. The van der Waals surface area contributed by atoms with Gasteiger partial charge in [0.1, 0.15) is 53.8 Å². The minimum Gasteiger partial charge on any atom is -0.508 e. The monoisotopic (exact) mass is 1110 g/mol. The molecule has 0 radical (unpaired) electrons. The summed E-state index contributed by atoms with van der Waals surface area (Å²) in [6.45, 7) is 1.41. The molecule has 0 aliphatic carbocycles.